The molecule has 9 heteroatoms. The van der Waals surface area contributed by atoms with E-state index in [2.05, 4.69) is 26.0 Å². The zero-order valence-corrected chi connectivity index (χ0v) is 19.0. The number of methoxy groups -OCH3 is 1. The molecule has 1 saturated carbocycles. The van der Waals surface area contributed by atoms with Crippen molar-refractivity contribution in [2.45, 2.75) is 39.5 Å². The Labute approximate surface area is 192 Å². The van der Waals surface area contributed by atoms with Crippen molar-refractivity contribution in [2.75, 3.05) is 13.7 Å². The number of rotatable bonds is 9. The molecule has 2 aromatic carbocycles. The molecule has 3 rings (SSSR count). The largest absolute Gasteiger partial charge is 0.497 e. The van der Waals surface area contributed by atoms with Gasteiger partial charge >= 0.3 is 5.97 Å². The molecule has 0 N–H and O–H groups in total. The van der Waals surface area contributed by atoms with Gasteiger partial charge in [0.15, 0.2) is 0 Å². The van der Waals surface area contributed by atoms with Crippen LogP contribution >= 0.6 is 0 Å². The fourth-order valence-electron chi connectivity index (χ4n) is 4.58. The molecule has 9 nitrogen and oxygen atoms in total. The number of benzene rings is 2. The van der Waals surface area contributed by atoms with E-state index in [0.29, 0.717) is 5.92 Å². The maximum atomic E-state index is 12.5. The first-order chi connectivity index (χ1) is 15.6. The van der Waals surface area contributed by atoms with Gasteiger partial charge in [-0.05, 0) is 60.6 Å². The molecule has 0 heterocycles. The molecule has 0 spiro atoms. The second-order valence-electron chi connectivity index (χ2n) is 9.23. The van der Waals surface area contributed by atoms with Crippen LogP contribution in [0.4, 0.5) is 11.4 Å². The van der Waals surface area contributed by atoms with Crippen molar-refractivity contribution in [3.63, 3.8) is 0 Å². The predicted octanol–water partition coefficient (Wildman–Crippen LogP) is 5.35. The number of non-ortho nitro benzene ring substituents is 2. The van der Waals surface area contributed by atoms with Gasteiger partial charge < -0.3 is 9.47 Å². The van der Waals surface area contributed by atoms with Gasteiger partial charge in [-0.25, -0.2) is 4.79 Å². The molecular formula is C24H28N2O7. The number of ether oxygens (including phenoxy) is 2. The maximum absolute atomic E-state index is 12.5. The Bertz CT molecular complexity index is 1000. The predicted molar refractivity (Wildman–Crippen MR) is 121 cm³/mol. The van der Waals surface area contributed by atoms with Gasteiger partial charge in [0.1, 0.15) is 5.75 Å². The lowest BCUT2D eigenvalue weighted by Gasteiger charge is -2.26. The van der Waals surface area contributed by atoms with E-state index in [1.54, 1.807) is 7.11 Å². The Balaban J connectivity index is 1.59. The number of carbonyl (C=O) groups is 1. The van der Waals surface area contributed by atoms with E-state index in [-0.39, 0.29) is 23.5 Å². The van der Waals surface area contributed by atoms with Gasteiger partial charge in [-0.3, -0.25) is 20.2 Å². The van der Waals surface area contributed by atoms with Crippen molar-refractivity contribution in [3.05, 3.63) is 73.8 Å². The number of esters is 1. The van der Waals surface area contributed by atoms with Crippen LogP contribution < -0.4 is 4.74 Å². The molecule has 0 aliphatic heterocycles. The minimum Gasteiger partial charge on any atom is -0.497 e. The second-order valence-corrected chi connectivity index (χ2v) is 9.23. The van der Waals surface area contributed by atoms with E-state index in [9.17, 15) is 25.0 Å². The highest BCUT2D eigenvalue weighted by Crippen LogP contribution is 2.47. The van der Waals surface area contributed by atoms with Crippen molar-refractivity contribution >= 4 is 17.3 Å². The highest BCUT2D eigenvalue weighted by molar-refractivity contribution is 5.91. The molecule has 0 bridgehead atoms. The second kappa shape index (κ2) is 9.97. The summed E-state index contributed by atoms with van der Waals surface area (Å²) in [6, 6.07) is 10.9. The van der Waals surface area contributed by atoms with Crippen molar-refractivity contribution in [1.82, 2.24) is 0 Å². The Hall–Kier alpha value is -3.49. The molecule has 2 aromatic rings. The van der Waals surface area contributed by atoms with E-state index in [1.165, 1.54) is 5.56 Å². The summed E-state index contributed by atoms with van der Waals surface area (Å²) >= 11 is 0. The Morgan fingerprint density at radius 2 is 1.67 bits per heavy atom. The van der Waals surface area contributed by atoms with Crippen LogP contribution in [0, 0.1) is 37.5 Å². The highest BCUT2D eigenvalue weighted by atomic mass is 16.6. The summed E-state index contributed by atoms with van der Waals surface area (Å²) in [6.07, 6.45) is 3.89. The summed E-state index contributed by atoms with van der Waals surface area (Å²) in [6.45, 7) is 4.47. The van der Waals surface area contributed by atoms with E-state index < -0.39 is 27.2 Å². The summed E-state index contributed by atoms with van der Waals surface area (Å²) in [5, 5.41) is 22.1. The zero-order valence-electron chi connectivity index (χ0n) is 19.0. The van der Waals surface area contributed by atoms with E-state index in [1.807, 2.05) is 12.1 Å². The number of nitro benzene ring substituents is 2. The van der Waals surface area contributed by atoms with Crippen LogP contribution in [0.5, 0.6) is 5.75 Å². The molecule has 0 radical (unpaired) electrons. The normalized spacial score (nSPS) is 19.1. The average molecular weight is 456 g/mol. The first kappa shape index (κ1) is 24.2. The van der Waals surface area contributed by atoms with Gasteiger partial charge in [-0.15, -0.1) is 0 Å². The molecule has 1 fully saturated rings. The van der Waals surface area contributed by atoms with Crippen molar-refractivity contribution in [1.29, 1.82) is 0 Å². The maximum Gasteiger partial charge on any atom is 0.338 e. The molecule has 0 amide bonds. The third-order valence-electron chi connectivity index (χ3n) is 6.51. The van der Waals surface area contributed by atoms with Gasteiger partial charge in [0.05, 0.1) is 35.2 Å². The Kier molecular flexibility index (Phi) is 7.30. The van der Waals surface area contributed by atoms with E-state index in [0.717, 1.165) is 49.6 Å². The smallest absolute Gasteiger partial charge is 0.338 e. The first-order valence-electron chi connectivity index (χ1n) is 10.8. The first-order valence-corrected chi connectivity index (χ1v) is 10.8. The number of hydrogen-bond donors (Lipinski definition) is 0. The third-order valence-corrected chi connectivity index (χ3v) is 6.51. The van der Waals surface area contributed by atoms with Gasteiger partial charge in [-0.2, -0.15) is 0 Å². The number of nitro groups is 2. The van der Waals surface area contributed by atoms with Gasteiger partial charge in [0.2, 0.25) is 0 Å². The Morgan fingerprint density at radius 1 is 1.06 bits per heavy atom. The monoisotopic (exact) mass is 456 g/mol. The van der Waals surface area contributed by atoms with Crippen molar-refractivity contribution < 1.29 is 24.1 Å². The topological polar surface area (TPSA) is 122 Å². The minimum absolute atomic E-state index is 0.0282. The van der Waals surface area contributed by atoms with Crippen molar-refractivity contribution in [2.24, 2.45) is 17.3 Å². The highest BCUT2D eigenvalue weighted by Gasteiger charge is 2.40. The number of carbonyl (C=O) groups excluding carboxylic acids is 1. The van der Waals surface area contributed by atoms with Gasteiger partial charge in [0.25, 0.3) is 11.4 Å². The zero-order chi connectivity index (χ0) is 24.2. The SMILES string of the molecule is COc1ccc(CC[C@@H]2C[C@@H](COC(=O)c3cc([N+](=O)[O-])cc([N+](=O)[O-])c3)C(C)(C)C2)cc1. The standard InChI is InChI=1S/C24H28N2O7/c1-24(2)14-17(5-4-16-6-8-22(32-3)9-7-16)10-19(24)15-33-23(27)18-11-20(25(28)29)13-21(12-18)26(30)31/h6-9,11-13,17,19H,4-5,10,14-15H2,1-3H3/t17-,19+/m1/s1. The fourth-order valence-corrected chi connectivity index (χ4v) is 4.58. The Morgan fingerprint density at radius 3 is 2.21 bits per heavy atom. The molecule has 0 aromatic heterocycles. The molecule has 176 valence electrons. The summed E-state index contributed by atoms with van der Waals surface area (Å²) < 4.78 is 10.7. The molecule has 2 atom stereocenters. The van der Waals surface area contributed by atoms with Crippen LogP contribution in [0.15, 0.2) is 42.5 Å². The summed E-state index contributed by atoms with van der Waals surface area (Å²) in [5.74, 6) is 0.664. The molecular weight excluding hydrogens is 428 g/mol. The van der Waals surface area contributed by atoms with Gasteiger partial charge in [-0.1, -0.05) is 26.0 Å². The van der Waals surface area contributed by atoms with Crippen LogP contribution in [0.2, 0.25) is 0 Å². The van der Waals surface area contributed by atoms with Crippen molar-refractivity contribution in [3.8, 4) is 5.75 Å². The number of nitrogens with zero attached hydrogens (tertiary/aromatic N) is 2. The molecule has 1 aliphatic rings. The molecule has 33 heavy (non-hydrogen) atoms. The van der Waals surface area contributed by atoms with E-state index in [4.69, 9.17) is 9.47 Å². The number of hydrogen-bond acceptors (Lipinski definition) is 7. The average Bonchev–Trinajstić information content (AvgIpc) is 3.09. The lowest BCUT2D eigenvalue weighted by Crippen LogP contribution is -2.24. The molecule has 1 aliphatic carbocycles. The van der Waals surface area contributed by atoms with Gasteiger partial charge in [0, 0.05) is 12.1 Å². The third kappa shape index (κ3) is 6.06. The molecule has 0 saturated heterocycles. The summed E-state index contributed by atoms with van der Waals surface area (Å²) in [4.78, 5) is 33.1. The quantitative estimate of drug-likeness (QED) is 0.283. The van der Waals surface area contributed by atoms with Crippen LogP contribution in [0.25, 0.3) is 0 Å². The van der Waals surface area contributed by atoms with Crippen LogP contribution in [-0.2, 0) is 11.2 Å². The van der Waals surface area contributed by atoms with E-state index >= 15 is 0 Å². The minimum atomic E-state index is -0.792. The lowest BCUT2D eigenvalue weighted by atomic mass is 9.82. The number of aryl methyl sites for hydroxylation is 1. The summed E-state index contributed by atoms with van der Waals surface area (Å²) in [7, 11) is 1.64. The van der Waals surface area contributed by atoms with Crippen LogP contribution in [-0.4, -0.2) is 29.5 Å². The molecule has 0 unspecified atom stereocenters. The summed E-state index contributed by atoms with van der Waals surface area (Å²) in [5.41, 5.74) is -0.00936. The van der Waals surface area contributed by atoms with Crippen LogP contribution in [0.3, 0.4) is 0 Å². The van der Waals surface area contributed by atoms with Crippen LogP contribution in [0.1, 0.15) is 49.0 Å². The lowest BCUT2D eigenvalue weighted by molar-refractivity contribution is -0.394. The fraction of sp³-hybridized carbons (Fsp3) is 0.458.